The Morgan fingerprint density at radius 1 is 0.706 bits per heavy atom. The molecule has 0 aromatic carbocycles. The Balaban J connectivity index is 1.44. The molecule has 2 heterocycles. The number of Topliss-reactive ketones (excluding diaryl/α,β-unsaturated/α-hetero) is 2. The Labute approximate surface area is 298 Å². The Kier molecular flexibility index (Phi) is 19.8. The lowest BCUT2D eigenvalue weighted by Crippen LogP contribution is -2.46. The van der Waals surface area contributed by atoms with Crippen LogP contribution in [0.25, 0.3) is 0 Å². The third kappa shape index (κ3) is 18.7. The lowest BCUT2D eigenvalue weighted by atomic mass is 10.1. The van der Waals surface area contributed by atoms with Crippen LogP contribution in [0.15, 0.2) is 12.2 Å². The Hall–Kier alpha value is -4.02. The minimum atomic E-state index is -1.16. The lowest BCUT2D eigenvalue weighted by molar-refractivity contribution is -0.199. The number of alkyl carbamates (subject to hydrolysis) is 1. The molecule has 16 nitrogen and oxygen atoms in total. The highest BCUT2D eigenvalue weighted by Gasteiger charge is 2.35. The largest absolute Gasteiger partial charge is 0.444 e. The molecular formula is C35H53N3O13. The molecule has 286 valence electrons. The van der Waals surface area contributed by atoms with E-state index >= 15 is 0 Å². The van der Waals surface area contributed by atoms with Crippen LogP contribution in [0.5, 0.6) is 0 Å². The standard InChI is InChI=1S/C35H53N3O13/c1-35(2,3)50-34(46)36-28(33(45)51-38-31(43)17-18-32(38)44)14-8-4-6-12-27(40)25-49-24-23-48-22-21-47-20-10-13-26(39)11-7-5-9-19-37-29(41)15-16-30(37)42/h15-16,28H,4-14,17-25H2,1-3H3,(H,36,46). The number of carbonyl (C=O) groups excluding carboxylic acids is 8. The van der Waals surface area contributed by atoms with Crippen LogP contribution in [-0.4, -0.2) is 115 Å². The van der Waals surface area contributed by atoms with Crippen molar-refractivity contribution in [1.82, 2.24) is 15.3 Å². The topological polar surface area (TPSA) is 201 Å². The number of amides is 5. The van der Waals surface area contributed by atoms with Crippen molar-refractivity contribution in [2.75, 3.05) is 46.2 Å². The summed E-state index contributed by atoms with van der Waals surface area (Å²) in [5.41, 5.74) is -0.808. The smallest absolute Gasteiger partial charge is 0.408 e. The van der Waals surface area contributed by atoms with Gasteiger partial charge in [-0.05, 0) is 52.9 Å². The van der Waals surface area contributed by atoms with E-state index in [1.54, 1.807) is 20.8 Å². The summed E-state index contributed by atoms with van der Waals surface area (Å²) in [4.78, 5) is 102. The summed E-state index contributed by atoms with van der Waals surface area (Å²) in [6, 6.07) is -1.16. The van der Waals surface area contributed by atoms with Crippen molar-refractivity contribution in [3.05, 3.63) is 12.2 Å². The number of hydrogen-bond acceptors (Lipinski definition) is 13. The van der Waals surface area contributed by atoms with Gasteiger partial charge in [-0.2, -0.15) is 0 Å². The average Bonchev–Trinajstić information content (AvgIpc) is 3.55. The molecule has 0 aromatic rings. The van der Waals surface area contributed by atoms with Crippen molar-refractivity contribution < 1.29 is 62.1 Å². The lowest BCUT2D eigenvalue weighted by Gasteiger charge is -2.23. The van der Waals surface area contributed by atoms with Gasteiger partial charge in [0.2, 0.25) is 0 Å². The van der Waals surface area contributed by atoms with Crippen LogP contribution in [0, 0.1) is 0 Å². The quantitative estimate of drug-likeness (QED) is 0.0959. The van der Waals surface area contributed by atoms with Gasteiger partial charge in [-0.15, -0.1) is 5.06 Å². The number of ether oxygens (including phenoxy) is 4. The van der Waals surface area contributed by atoms with Crippen molar-refractivity contribution >= 4 is 47.3 Å². The minimum Gasteiger partial charge on any atom is -0.444 e. The fourth-order valence-corrected chi connectivity index (χ4v) is 4.97. The molecule has 51 heavy (non-hydrogen) atoms. The maximum atomic E-state index is 12.7. The molecule has 0 spiro atoms. The van der Waals surface area contributed by atoms with E-state index in [4.69, 9.17) is 23.8 Å². The molecule has 16 heteroatoms. The fraction of sp³-hybridized carbons (Fsp3) is 0.714. The van der Waals surface area contributed by atoms with Gasteiger partial charge in [-0.25, -0.2) is 9.59 Å². The van der Waals surface area contributed by atoms with Gasteiger partial charge >= 0.3 is 12.1 Å². The predicted octanol–water partition coefficient (Wildman–Crippen LogP) is 2.89. The first-order chi connectivity index (χ1) is 24.3. The summed E-state index contributed by atoms with van der Waals surface area (Å²) < 4.78 is 21.5. The number of hydroxylamine groups is 2. The Bertz CT molecular complexity index is 1210. The number of nitrogens with zero attached hydrogens (tertiary/aromatic N) is 2. The van der Waals surface area contributed by atoms with Crippen LogP contribution in [0.1, 0.15) is 104 Å². The maximum Gasteiger partial charge on any atom is 0.408 e. The van der Waals surface area contributed by atoms with Crippen LogP contribution in [0.2, 0.25) is 0 Å². The van der Waals surface area contributed by atoms with Crippen LogP contribution < -0.4 is 5.32 Å². The van der Waals surface area contributed by atoms with E-state index in [0.29, 0.717) is 83.0 Å². The molecule has 2 rings (SSSR count). The zero-order chi connectivity index (χ0) is 37.6. The van der Waals surface area contributed by atoms with E-state index in [1.807, 2.05) is 0 Å². The van der Waals surface area contributed by atoms with Gasteiger partial charge in [0.15, 0.2) is 5.78 Å². The third-order valence-corrected chi connectivity index (χ3v) is 7.60. The van der Waals surface area contributed by atoms with Crippen LogP contribution in [0.3, 0.4) is 0 Å². The van der Waals surface area contributed by atoms with Crippen molar-refractivity contribution in [2.24, 2.45) is 0 Å². The van der Waals surface area contributed by atoms with Gasteiger partial charge in [-0.3, -0.25) is 33.7 Å². The SMILES string of the molecule is CC(C)(C)OC(=O)NC(CCCCCC(=O)COCCOCCOCCCC(=O)CCCCCN1C(=O)C=CC1=O)C(=O)ON1C(=O)CCC1=O. The molecule has 2 aliphatic heterocycles. The highest BCUT2D eigenvalue weighted by Crippen LogP contribution is 2.16. The number of rotatable bonds is 27. The summed E-state index contributed by atoms with van der Waals surface area (Å²) in [7, 11) is 0. The second-order valence-corrected chi connectivity index (χ2v) is 13.2. The van der Waals surface area contributed by atoms with E-state index in [2.05, 4.69) is 5.32 Å². The average molecular weight is 724 g/mol. The van der Waals surface area contributed by atoms with Gasteiger partial charge in [0.05, 0.1) is 26.4 Å². The second-order valence-electron chi connectivity index (χ2n) is 13.2. The van der Waals surface area contributed by atoms with E-state index in [9.17, 15) is 38.4 Å². The molecule has 1 N–H and O–H groups in total. The molecule has 2 aliphatic rings. The van der Waals surface area contributed by atoms with Gasteiger partial charge in [0.25, 0.3) is 23.6 Å². The van der Waals surface area contributed by atoms with Crippen LogP contribution in [0.4, 0.5) is 4.79 Å². The van der Waals surface area contributed by atoms with Crippen molar-refractivity contribution in [3.8, 4) is 0 Å². The predicted molar refractivity (Wildman–Crippen MR) is 179 cm³/mol. The van der Waals surface area contributed by atoms with E-state index in [-0.39, 0.29) is 62.3 Å². The second kappa shape index (κ2) is 23.5. The number of imide groups is 2. The summed E-state index contributed by atoms with van der Waals surface area (Å²) in [5, 5.41) is 2.87. The fourth-order valence-electron chi connectivity index (χ4n) is 4.97. The number of nitrogens with one attached hydrogen (secondary N) is 1. The molecule has 0 bridgehead atoms. The number of carbonyl (C=O) groups is 8. The summed E-state index contributed by atoms with van der Waals surface area (Å²) in [5.74, 6) is -2.71. The van der Waals surface area contributed by atoms with Crippen LogP contribution >= 0.6 is 0 Å². The van der Waals surface area contributed by atoms with E-state index in [0.717, 1.165) is 12.8 Å². The van der Waals surface area contributed by atoms with Gasteiger partial charge in [0.1, 0.15) is 24.0 Å². The summed E-state index contributed by atoms with van der Waals surface area (Å²) >= 11 is 0. The Morgan fingerprint density at radius 2 is 1.25 bits per heavy atom. The highest BCUT2D eigenvalue weighted by atomic mass is 16.7. The normalized spacial score (nSPS) is 15.1. The number of ketones is 2. The first kappa shape index (κ1) is 43.1. The monoisotopic (exact) mass is 723 g/mol. The number of hydrogen-bond donors (Lipinski definition) is 1. The first-order valence-electron chi connectivity index (χ1n) is 17.6. The maximum absolute atomic E-state index is 12.7. The van der Waals surface area contributed by atoms with Crippen molar-refractivity contribution in [2.45, 2.75) is 116 Å². The van der Waals surface area contributed by atoms with Crippen LogP contribution in [-0.2, 0) is 57.3 Å². The van der Waals surface area contributed by atoms with Crippen molar-refractivity contribution in [1.29, 1.82) is 0 Å². The summed E-state index contributed by atoms with van der Waals surface area (Å²) in [6.07, 6.45) is 7.22. The molecule has 0 radical (unpaired) electrons. The third-order valence-electron chi connectivity index (χ3n) is 7.60. The molecule has 5 amide bonds. The molecule has 0 saturated carbocycles. The Morgan fingerprint density at radius 3 is 1.88 bits per heavy atom. The molecule has 1 atom stereocenters. The zero-order valence-corrected chi connectivity index (χ0v) is 30.1. The van der Waals surface area contributed by atoms with Gasteiger partial charge in [0, 0.05) is 57.4 Å². The summed E-state index contributed by atoms with van der Waals surface area (Å²) in [6.45, 7) is 7.02. The number of unbranched alkanes of at least 4 members (excludes halogenated alkanes) is 4. The minimum absolute atomic E-state index is 0.0535. The van der Waals surface area contributed by atoms with E-state index in [1.165, 1.54) is 17.1 Å². The van der Waals surface area contributed by atoms with Crippen molar-refractivity contribution in [3.63, 3.8) is 0 Å². The molecule has 0 aromatic heterocycles. The van der Waals surface area contributed by atoms with Gasteiger partial charge in [-0.1, -0.05) is 19.3 Å². The molecule has 1 fully saturated rings. The van der Waals surface area contributed by atoms with Gasteiger partial charge < -0.3 is 29.1 Å². The molecule has 0 aliphatic carbocycles. The molecular weight excluding hydrogens is 670 g/mol. The molecule has 1 saturated heterocycles. The zero-order valence-electron chi connectivity index (χ0n) is 30.1. The highest BCUT2D eigenvalue weighted by molar-refractivity contribution is 6.12. The first-order valence-corrected chi connectivity index (χ1v) is 17.6. The molecule has 1 unspecified atom stereocenters. The van der Waals surface area contributed by atoms with E-state index < -0.39 is 35.5 Å².